The molecule has 2 N–H and O–H groups in total. The van der Waals surface area contributed by atoms with Gasteiger partial charge in [-0.15, -0.1) is 11.3 Å². The first-order valence-electron chi connectivity index (χ1n) is 7.99. The lowest BCUT2D eigenvalue weighted by molar-refractivity contribution is -0.113. The maximum atomic E-state index is 12.1. The fraction of sp³-hybridized carbons (Fsp3) is 0.222. The van der Waals surface area contributed by atoms with E-state index in [2.05, 4.69) is 51.5 Å². The summed E-state index contributed by atoms with van der Waals surface area (Å²) < 4.78 is 0. The van der Waals surface area contributed by atoms with Crippen LogP contribution >= 0.6 is 23.1 Å². The lowest BCUT2D eigenvalue weighted by Gasteiger charge is -2.02. The molecule has 0 aliphatic rings. The molecule has 0 saturated carbocycles. The fourth-order valence-corrected chi connectivity index (χ4v) is 3.85. The number of rotatable bonds is 6. The second-order valence-electron chi connectivity index (χ2n) is 5.82. The van der Waals surface area contributed by atoms with Crippen LogP contribution in [0.3, 0.4) is 0 Å². The number of carbonyl (C=O) groups excluding carboxylic acids is 1. The van der Waals surface area contributed by atoms with Gasteiger partial charge in [-0.3, -0.25) is 9.59 Å². The zero-order valence-electron chi connectivity index (χ0n) is 14.4. The molecule has 3 aromatic rings. The number of amides is 1. The van der Waals surface area contributed by atoms with E-state index in [9.17, 15) is 9.59 Å². The molecule has 134 valence electrons. The number of benzene rings is 1. The predicted octanol–water partition coefficient (Wildman–Crippen LogP) is 3.16. The van der Waals surface area contributed by atoms with Crippen molar-refractivity contribution < 1.29 is 4.79 Å². The summed E-state index contributed by atoms with van der Waals surface area (Å²) in [5.41, 5.74) is 2.84. The highest BCUT2D eigenvalue weighted by atomic mass is 32.2. The monoisotopic (exact) mass is 386 g/mol. The Morgan fingerprint density at radius 1 is 1.27 bits per heavy atom. The van der Waals surface area contributed by atoms with Crippen molar-refractivity contribution in [2.75, 3.05) is 11.1 Å². The topological polar surface area (TPSA) is 87.7 Å². The van der Waals surface area contributed by atoms with Gasteiger partial charge < -0.3 is 10.3 Å². The summed E-state index contributed by atoms with van der Waals surface area (Å²) in [6.07, 6.45) is 2.57. The Balaban J connectivity index is 1.54. The van der Waals surface area contributed by atoms with E-state index < -0.39 is 0 Å². The van der Waals surface area contributed by atoms with Crippen LogP contribution in [0.25, 0.3) is 0 Å². The Morgan fingerprint density at radius 2 is 2.04 bits per heavy atom. The van der Waals surface area contributed by atoms with Gasteiger partial charge in [0.25, 0.3) is 5.56 Å². The number of hydrogen-bond donors (Lipinski definition) is 2. The Labute approximate surface area is 159 Å². The van der Waals surface area contributed by atoms with Crippen molar-refractivity contribution in [1.82, 2.24) is 15.0 Å². The number of thiazole rings is 1. The van der Waals surface area contributed by atoms with Crippen LogP contribution in [0.4, 0.5) is 5.13 Å². The summed E-state index contributed by atoms with van der Waals surface area (Å²) in [5, 5.41) is 3.79. The first-order valence-corrected chi connectivity index (χ1v) is 9.79. The van der Waals surface area contributed by atoms with Gasteiger partial charge in [-0.1, -0.05) is 41.6 Å². The van der Waals surface area contributed by atoms with E-state index in [0.29, 0.717) is 16.0 Å². The van der Waals surface area contributed by atoms with Crippen LogP contribution in [-0.4, -0.2) is 26.6 Å². The largest absolute Gasteiger partial charge is 0.301 e. The van der Waals surface area contributed by atoms with Gasteiger partial charge in [-0.05, 0) is 19.4 Å². The molecular formula is C18H18N4O2S2. The minimum Gasteiger partial charge on any atom is -0.301 e. The molecule has 6 nitrogen and oxygen atoms in total. The summed E-state index contributed by atoms with van der Waals surface area (Å²) in [4.78, 5) is 35.6. The van der Waals surface area contributed by atoms with Gasteiger partial charge in [0.2, 0.25) is 5.91 Å². The molecule has 1 aromatic carbocycles. The number of hydrogen-bond acceptors (Lipinski definition) is 6. The van der Waals surface area contributed by atoms with Crippen molar-refractivity contribution in [3.63, 3.8) is 0 Å². The van der Waals surface area contributed by atoms with E-state index >= 15 is 0 Å². The normalized spacial score (nSPS) is 10.7. The number of anilines is 1. The molecule has 0 unspecified atom stereocenters. The average Bonchev–Trinajstić information content (AvgIpc) is 3.01. The number of nitrogens with zero attached hydrogens (tertiary/aromatic N) is 2. The van der Waals surface area contributed by atoms with Gasteiger partial charge in [0, 0.05) is 29.3 Å². The lowest BCUT2D eigenvalue weighted by Crippen LogP contribution is -2.15. The van der Waals surface area contributed by atoms with E-state index in [0.717, 1.165) is 11.3 Å². The number of nitrogens with one attached hydrogen (secondary N) is 2. The van der Waals surface area contributed by atoms with Gasteiger partial charge in [0.15, 0.2) is 10.3 Å². The number of aromatic amines is 1. The van der Waals surface area contributed by atoms with Crippen molar-refractivity contribution in [2.45, 2.75) is 25.4 Å². The summed E-state index contributed by atoms with van der Waals surface area (Å²) in [6.45, 7) is 3.80. The highest BCUT2D eigenvalue weighted by Gasteiger charge is 2.09. The number of aryl methyl sites for hydroxylation is 2. The molecular weight excluding hydrogens is 368 g/mol. The number of thioether (sulfide) groups is 1. The minimum absolute atomic E-state index is 0.152. The average molecular weight is 387 g/mol. The molecule has 3 rings (SSSR count). The first kappa shape index (κ1) is 18.3. The van der Waals surface area contributed by atoms with Crippen LogP contribution < -0.4 is 10.9 Å². The second kappa shape index (κ2) is 8.29. The van der Waals surface area contributed by atoms with E-state index in [1.165, 1.54) is 40.3 Å². The lowest BCUT2D eigenvalue weighted by atomic mass is 10.1. The predicted molar refractivity (Wildman–Crippen MR) is 105 cm³/mol. The molecule has 0 fully saturated rings. The van der Waals surface area contributed by atoms with Crippen molar-refractivity contribution in [3.05, 3.63) is 68.6 Å². The third-order valence-corrected chi connectivity index (χ3v) is 5.27. The van der Waals surface area contributed by atoms with Crippen LogP contribution in [0.2, 0.25) is 0 Å². The Hall–Kier alpha value is -2.45. The molecule has 1 amide bonds. The van der Waals surface area contributed by atoms with Crippen LogP contribution in [0.15, 0.2) is 46.5 Å². The molecule has 0 atom stereocenters. The molecule has 0 spiro atoms. The summed E-state index contributed by atoms with van der Waals surface area (Å²) >= 11 is 2.65. The molecule has 0 aliphatic carbocycles. The summed E-state index contributed by atoms with van der Waals surface area (Å²) in [7, 11) is 0. The van der Waals surface area contributed by atoms with Crippen LogP contribution in [-0.2, 0) is 11.2 Å². The molecule has 0 radical (unpaired) electrons. The SMILES string of the molecule is Cc1ccc(Cc2cnc(NC(=O)CSc3nc(C)cc(=O)[nH]3)s2)cc1. The van der Waals surface area contributed by atoms with Gasteiger partial charge in [0.1, 0.15) is 0 Å². The van der Waals surface area contributed by atoms with Crippen molar-refractivity contribution >= 4 is 34.1 Å². The third-order valence-electron chi connectivity index (χ3n) is 3.49. The number of aromatic nitrogens is 3. The molecule has 0 bridgehead atoms. The number of carbonyl (C=O) groups is 1. The quantitative estimate of drug-likeness (QED) is 0.502. The van der Waals surface area contributed by atoms with E-state index in [4.69, 9.17) is 0 Å². The highest BCUT2D eigenvalue weighted by molar-refractivity contribution is 7.99. The Bertz CT molecular complexity index is 964. The maximum absolute atomic E-state index is 12.1. The molecule has 26 heavy (non-hydrogen) atoms. The Morgan fingerprint density at radius 3 is 2.77 bits per heavy atom. The van der Waals surface area contributed by atoms with E-state index in [-0.39, 0.29) is 17.2 Å². The molecule has 2 heterocycles. The van der Waals surface area contributed by atoms with Crippen molar-refractivity contribution in [2.24, 2.45) is 0 Å². The molecule has 0 saturated heterocycles. The second-order valence-corrected chi connectivity index (χ2v) is 7.90. The maximum Gasteiger partial charge on any atom is 0.251 e. The van der Waals surface area contributed by atoms with Gasteiger partial charge in [-0.25, -0.2) is 9.97 Å². The molecule has 2 aromatic heterocycles. The van der Waals surface area contributed by atoms with E-state index in [1.807, 2.05) is 0 Å². The van der Waals surface area contributed by atoms with E-state index in [1.54, 1.807) is 13.1 Å². The third kappa shape index (κ3) is 5.27. The minimum atomic E-state index is -0.221. The molecule has 0 aliphatic heterocycles. The standard InChI is InChI=1S/C18H18N4O2S2/c1-11-3-5-13(6-4-11)8-14-9-19-17(26-14)22-16(24)10-25-18-20-12(2)7-15(23)21-18/h3-7,9H,8,10H2,1-2H3,(H,19,22,24)(H,20,21,23). The zero-order valence-corrected chi connectivity index (χ0v) is 16.0. The van der Waals surface area contributed by atoms with Crippen LogP contribution in [0.5, 0.6) is 0 Å². The fourth-order valence-electron chi connectivity index (χ4n) is 2.26. The summed E-state index contributed by atoms with van der Waals surface area (Å²) in [5.74, 6) is -0.0328. The van der Waals surface area contributed by atoms with Gasteiger partial charge in [-0.2, -0.15) is 0 Å². The summed E-state index contributed by atoms with van der Waals surface area (Å²) in [6, 6.07) is 9.77. The number of H-pyrrole nitrogens is 1. The van der Waals surface area contributed by atoms with Crippen molar-refractivity contribution in [1.29, 1.82) is 0 Å². The molecule has 8 heteroatoms. The van der Waals surface area contributed by atoms with Gasteiger partial charge >= 0.3 is 0 Å². The zero-order chi connectivity index (χ0) is 18.5. The highest BCUT2D eigenvalue weighted by Crippen LogP contribution is 2.22. The van der Waals surface area contributed by atoms with Gasteiger partial charge in [0.05, 0.1) is 5.75 Å². The smallest absolute Gasteiger partial charge is 0.251 e. The Kier molecular flexibility index (Phi) is 5.85. The first-order chi connectivity index (χ1) is 12.5. The van der Waals surface area contributed by atoms with Crippen molar-refractivity contribution in [3.8, 4) is 0 Å². The van der Waals surface area contributed by atoms with Crippen LogP contribution in [0.1, 0.15) is 21.7 Å². The van der Waals surface area contributed by atoms with Crippen LogP contribution in [0, 0.1) is 13.8 Å².